The summed E-state index contributed by atoms with van der Waals surface area (Å²) >= 11 is 0. The smallest absolute Gasteiger partial charge is 0.338 e. The van der Waals surface area contributed by atoms with Gasteiger partial charge in [0.05, 0.1) is 12.2 Å². The molecule has 0 fully saturated rings. The summed E-state index contributed by atoms with van der Waals surface area (Å²) in [5.41, 5.74) is 3.51. The SMILES string of the molecule is CCOC(=O)c1ccc(-c2ccccc2C(=O)c2ccccc2)cc1. The van der Waals surface area contributed by atoms with Gasteiger partial charge in [-0.1, -0.05) is 66.7 Å². The molecule has 0 bridgehead atoms. The maximum atomic E-state index is 12.8. The van der Waals surface area contributed by atoms with E-state index in [1.807, 2.05) is 66.7 Å². The van der Waals surface area contributed by atoms with E-state index in [2.05, 4.69) is 0 Å². The summed E-state index contributed by atoms with van der Waals surface area (Å²) in [6, 6.07) is 23.8. The molecule has 0 saturated carbocycles. The molecule has 0 N–H and O–H groups in total. The van der Waals surface area contributed by atoms with Crippen LogP contribution in [0.4, 0.5) is 0 Å². The number of hydrogen-bond acceptors (Lipinski definition) is 3. The lowest BCUT2D eigenvalue weighted by molar-refractivity contribution is 0.0526. The fourth-order valence-corrected chi connectivity index (χ4v) is 2.68. The fraction of sp³-hybridized carbons (Fsp3) is 0.0909. The van der Waals surface area contributed by atoms with Crippen LogP contribution in [0.2, 0.25) is 0 Å². The van der Waals surface area contributed by atoms with Crippen LogP contribution in [-0.2, 0) is 4.74 Å². The molecule has 3 aromatic rings. The molecule has 0 aliphatic carbocycles. The second-order valence-corrected chi connectivity index (χ2v) is 5.54. The minimum Gasteiger partial charge on any atom is -0.462 e. The van der Waals surface area contributed by atoms with Crippen LogP contribution in [0, 0.1) is 0 Å². The van der Waals surface area contributed by atoms with Gasteiger partial charge >= 0.3 is 5.97 Å². The normalized spacial score (nSPS) is 10.3. The van der Waals surface area contributed by atoms with Crippen LogP contribution < -0.4 is 0 Å². The van der Waals surface area contributed by atoms with Crippen molar-refractivity contribution in [3.8, 4) is 11.1 Å². The van der Waals surface area contributed by atoms with Crippen molar-refractivity contribution < 1.29 is 14.3 Å². The number of carbonyl (C=O) groups is 2. The van der Waals surface area contributed by atoms with Gasteiger partial charge in [-0.3, -0.25) is 4.79 Å². The first-order chi connectivity index (χ1) is 12.2. The van der Waals surface area contributed by atoms with Crippen LogP contribution in [0.5, 0.6) is 0 Å². The Morgan fingerprint density at radius 1 is 0.760 bits per heavy atom. The van der Waals surface area contributed by atoms with E-state index in [-0.39, 0.29) is 11.8 Å². The summed E-state index contributed by atoms with van der Waals surface area (Å²) in [4.78, 5) is 24.6. The van der Waals surface area contributed by atoms with E-state index in [1.165, 1.54) is 0 Å². The molecule has 0 atom stereocenters. The Labute approximate surface area is 146 Å². The lowest BCUT2D eigenvalue weighted by Gasteiger charge is -2.10. The van der Waals surface area contributed by atoms with Crippen molar-refractivity contribution in [2.24, 2.45) is 0 Å². The number of rotatable bonds is 5. The number of carbonyl (C=O) groups excluding carboxylic acids is 2. The maximum Gasteiger partial charge on any atom is 0.338 e. The van der Waals surface area contributed by atoms with E-state index in [9.17, 15) is 9.59 Å². The molecule has 0 aromatic heterocycles. The first-order valence-corrected chi connectivity index (χ1v) is 8.17. The van der Waals surface area contributed by atoms with Crippen molar-refractivity contribution >= 4 is 11.8 Å². The van der Waals surface area contributed by atoms with Crippen LogP contribution in [0.25, 0.3) is 11.1 Å². The van der Waals surface area contributed by atoms with Gasteiger partial charge < -0.3 is 4.74 Å². The van der Waals surface area contributed by atoms with Crippen molar-refractivity contribution in [3.05, 3.63) is 95.6 Å². The van der Waals surface area contributed by atoms with Gasteiger partial charge in [-0.25, -0.2) is 4.79 Å². The molecular formula is C22H18O3. The Morgan fingerprint density at radius 2 is 1.40 bits per heavy atom. The van der Waals surface area contributed by atoms with Gasteiger partial charge in [0.2, 0.25) is 0 Å². The fourth-order valence-electron chi connectivity index (χ4n) is 2.68. The standard InChI is InChI=1S/C22H18O3/c1-2-25-22(24)18-14-12-16(13-15-18)19-10-6-7-11-20(19)21(23)17-8-4-3-5-9-17/h3-15H,2H2,1H3. The number of esters is 1. The Balaban J connectivity index is 1.96. The van der Waals surface area contributed by atoms with Crippen molar-refractivity contribution in [1.29, 1.82) is 0 Å². The highest BCUT2D eigenvalue weighted by Crippen LogP contribution is 2.26. The van der Waals surface area contributed by atoms with Crippen LogP contribution >= 0.6 is 0 Å². The third-order valence-corrected chi connectivity index (χ3v) is 3.91. The molecule has 3 heteroatoms. The van der Waals surface area contributed by atoms with Gasteiger partial charge in [-0.2, -0.15) is 0 Å². The van der Waals surface area contributed by atoms with Gasteiger partial charge in [0, 0.05) is 11.1 Å². The van der Waals surface area contributed by atoms with Gasteiger partial charge in [0.15, 0.2) is 5.78 Å². The summed E-state index contributed by atoms with van der Waals surface area (Å²) in [5.74, 6) is -0.367. The average molecular weight is 330 g/mol. The summed E-state index contributed by atoms with van der Waals surface area (Å²) in [6.07, 6.45) is 0. The highest BCUT2D eigenvalue weighted by Gasteiger charge is 2.14. The minimum atomic E-state index is -0.345. The highest BCUT2D eigenvalue weighted by molar-refractivity contribution is 6.12. The summed E-state index contributed by atoms with van der Waals surface area (Å²) < 4.78 is 5.00. The second kappa shape index (κ2) is 7.58. The maximum absolute atomic E-state index is 12.8. The third-order valence-electron chi connectivity index (χ3n) is 3.91. The Hall–Kier alpha value is -3.20. The quantitative estimate of drug-likeness (QED) is 0.500. The molecule has 0 unspecified atom stereocenters. The van der Waals surface area contributed by atoms with Crippen molar-refractivity contribution in [2.45, 2.75) is 6.92 Å². The zero-order chi connectivity index (χ0) is 17.6. The molecule has 3 rings (SSSR count). The molecule has 0 heterocycles. The molecule has 25 heavy (non-hydrogen) atoms. The molecule has 0 saturated heterocycles. The Morgan fingerprint density at radius 3 is 2.08 bits per heavy atom. The lowest BCUT2D eigenvalue weighted by Crippen LogP contribution is -2.05. The number of ketones is 1. The molecule has 0 spiro atoms. The first-order valence-electron chi connectivity index (χ1n) is 8.17. The van der Waals surface area contributed by atoms with Crippen molar-refractivity contribution in [3.63, 3.8) is 0 Å². The highest BCUT2D eigenvalue weighted by atomic mass is 16.5. The number of ether oxygens (including phenoxy) is 1. The van der Waals surface area contributed by atoms with Crippen LogP contribution in [0.15, 0.2) is 78.9 Å². The summed E-state index contributed by atoms with van der Waals surface area (Å²) in [6.45, 7) is 2.12. The molecule has 0 amide bonds. The molecule has 0 aliphatic rings. The molecular weight excluding hydrogens is 312 g/mol. The second-order valence-electron chi connectivity index (χ2n) is 5.54. The summed E-state index contributed by atoms with van der Waals surface area (Å²) in [7, 11) is 0. The van der Waals surface area contributed by atoms with Gasteiger partial charge in [-0.15, -0.1) is 0 Å². The zero-order valence-electron chi connectivity index (χ0n) is 13.9. The van der Waals surface area contributed by atoms with Gasteiger partial charge in [0.1, 0.15) is 0 Å². The molecule has 0 aliphatic heterocycles. The number of hydrogen-bond donors (Lipinski definition) is 0. The molecule has 0 radical (unpaired) electrons. The van der Waals surface area contributed by atoms with Gasteiger partial charge in [-0.05, 0) is 30.2 Å². The Bertz CT molecular complexity index is 881. The molecule has 124 valence electrons. The zero-order valence-corrected chi connectivity index (χ0v) is 13.9. The van der Waals surface area contributed by atoms with E-state index in [1.54, 1.807) is 19.1 Å². The monoisotopic (exact) mass is 330 g/mol. The molecule has 3 nitrogen and oxygen atoms in total. The van der Waals surface area contributed by atoms with E-state index in [4.69, 9.17) is 4.74 Å². The van der Waals surface area contributed by atoms with Crippen LogP contribution in [-0.4, -0.2) is 18.4 Å². The lowest BCUT2D eigenvalue weighted by atomic mass is 9.93. The van der Waals surface area contributed by atoms with E-state index in [0.717, 1.165) is 11.1 Å². The van der Waals surface area contributed by atoms with Crippen LogP contribution in [0.1, 0.15) is 33.2 Å². The minimum absolute atomic E-state index is 0.0225. The largest absolute Gasteiger partial charge is 0.462 e. The van der Waals surface area contributed by atoms with Crippen molar-refractivity contribution in [1.82, 2.24) is 0 Å². The van der Waals surface area contributed by atoms with E-state index >= 15 is 0 Å². The van der Waals surface area contributed by atoms with E-state index in [0.29, 0.717) is 23.3 Å². The van der Waals surface area contributed by atoms with Crippen LogP contribution in [0.3, 0.4) is 0 Å². The van der Waals surface area contributed by atoms with E-state index < -0.39 is 0 Å². The first kappa shape index (κ1) is 16.7. The number of benzene rings is 3. The predicted molar refractivity (Wildman–Crippen MR) is 97.7 cm³/mol. The van der Waals surface area contributed by atoms with Gasteiger partial charge in [0.25, 0.3) is 0 Å². The summed E-state index contributed by atoms with van der Waals surface area (Å²) in [5, 5.41) is 0. The third kappa shape index (κ3) is 3.66. The van der Waals surface area contributed by atoms with Crippen molar-refractivity contribution in [2.75, 3.05) is 6.61 Å². The molecule has 3 aromatic carbocycles. The Kier molecular flexibility index (Phi) is 5.05. The average Bonchev–Trinajstić information content (AvgIpc) is 2.68. The topological polar surface area (TPSA) is 43.4 Å². The predicted octanol–water partition coefficient (Wildman–Crippen LogP) is 4.76.